The van der Waals surface area contributed by atoms with Gasteiger partial charge in [-0.1, -0.05) is 6.08 Å². The standard InChI is InChI=1S/C25H26FN5O3/c1-15(2)34-25-23(18-13-22(33-3)29-14-19(18)26)30-21-12-16(8-9-20(21)31-25)24(32)28-11-5-7-17-6-4-10-27-17/h4,8-10,12-15H,5-7,11H2,1-3H3,(H,28,32). The summed E-state index contributed by atoms with van der Waals surface area (Å²) in [6, 6.07) is 6.48. The first-order chi connectivity index (χ1) is 16.4. The van der Waals surface area contributed by atoms with Crippen LogP contribution in [-0.2, 0) is 0 Å². The highest BCUT2D eigenvalue weighted by Crippen LogP contribution is 2.33. The van der Waals surface area contributed by atoms with Crippen LogP contribution in [0.4, 0.5) is 4.39 Å². The molecule has 176 valence electrons. The summed E-state index contributed by atoms with van der Waals surface area (Å²) in [4.78, 5) is 30.0. The Morgan fingerprint density at radius 3 is 2.79 bits per heavy atom. The lowest BCUT2D eigenvalue weighted by Gasteiger charge is -2.15. The number of fused-ring (bicyclic) bond motifs is 1. The van der Waals surface area contributed by atoms with Gasteiger partial charge in [0.05, 0.1) is 30.4 Å². The van der Waals surface area contributed by atoms with Gasteiger partial charge >= 0.3 is 0 Å². The summed E-state index contributed by atoms with van der Waals surface area (Å²) in [6.45, 7) is 4.24. The third kappa shape index (κ3) is 5.36. The number of allylic oxidation sites excluding steroid dienone is 1. The number of nitrogens with one attached hydrogen (secondary N) is 1. The van der Waals surface area contributed by atoms with Crippen LogP contribution in [-0.4, -0.2) is 46.3 Å². The van der Waals surface area contributed by atoms with Crippen molar-refractivity contribution in [2.45, 2.75) is 39.2 Å². The van der Waals surface area contributed by atoms with Crippen LogP contribution in [0.1, 0.15) is 43.5 Å². The van der Waals surface area contributed by atoms with Crippen molar-refractivity contribution < 1.29 is 18.7 Å². The third-order valence-electron chi connectivity index (χ3n) is 5.18. The van der Waals surface area contributed by atoms with E-state index in [1.165, 1.54) is 13.2 Å². The molecule has 0 saturated carbocycles. The number of hydrogen-bond donors (Lipinski definition) is 1. The van der Waals surface area contributed by atoms with Crippen LogP contribution >= 0.6 is 0 Å². The Bertz CT molecular complexity index is 1270. The Morgan fingerprint density at radius 2 is 2.06 bits per heavy atom. The van der Waals surface area contributed by atoms with E-state index in [1.807, 2.05) is 26.1 Å². The van der Waals surface area contributed by atoms with Crippen molar-refractivity contribution in [3.05, 3.63) is 54.1 Å². The van der Waals surface area contributed by atoms with Gasteiger partial charge in [-0.25, -0.2) is 19.3 Å². The first-order valence-electron chi connectivity index (χ1n) is 11.1. The molecule has 0 spiro atoms. The highest BCUT2D eigenvalue weighted by molar-refractivity contribution is 5.97. The van der Waals surface area contributed by atoms with Gasteiger partial charge in [0.1, 0.15) is 5.69 Å². The Balaban J connectivity index is 1.61. The molecule has 34 heavy (non-hydrogen) atoms. The van der Waals surface area contributed by atoms with Crippen LogP contribution in [0.3, 0.4) is 0 Å². The normalized spacial score (nSPS) is 12.8. The van der Waals surface area contributed by atoms with Crippen molar-refractivity contribution in [1.82, 2.24) is 20.3 Å². The number of nitrogens with zero attached hydrogens (tertiary/aromatic N) is 4. The highest BCUT2D eigenvalue weighted by atomic mass is 19.1. The van der Waals surface area contributed by atoms with Gasteiger partial charge in [-0.05, 0) is 44.9 Å². The van der Waals surface area contributed by atoms with E-state index < -0.39 is 5.82 Å². The quantitative estimate of drug-likeness (QED) is 0.470. The van der Waals surface area contributed by atoms with Crippen molar-refractivity contribution >= 4 is 22.7 Å². The average Bonchev–Trinajstić information content (AvgIpc) is 3.35. The molecule has 1 amide bonds. The average molecular weight is 464 g/mol. The third-order valence-corrected chi connectivity index (χ3v) is 5.18. The summed E-state index contributed by atoms with van der Waals surface area (Å²) in [5.74, 6) is -0.368. The molecule has 0 atom stereocenters. The number of halogens is 1. The summed E-state index contributed by atoms with van der Waals surface area (Å²) in [7, 11) is 1.45. The molecular formula is C25H26FN5O3. The van der Waals surface area contributed by atoms with E-state index >= 15 is 0 Å². The molecule has 8 nitrogen and oxygen atoms in total. The van der Waals surface area contributed by atoms with E-state index in [9.17, 15) is 9.18 Å². The molecule has 0 radical (unpaired) electrons. The number of ether oxygens (including phenoxy) is 2. The lowest BCUT2D eigenvalue weighted by molar-refractivity contribution is 0.0953. The molecule has 1 aromatic carbocycles. The fourth-order valence-electron chi connectivity index (χ4n) is 3.54. The van der Waals surface area contributed by atoms with Gasteiger partial charge in [-0.2, -0.15) is 0 Å². The Hall–Kier alpha value is -3.88. The maximum Gasteiger partial charge on any atom is 0.251 e. The molecule has 3 heterocycles. The van der Waals surface area contributed by atoms with Crippen LogP contribution in [0.2, 0.25) is 0 Å². The number of hydrogen-bond acceptors (Lipinski definition) is 7. The van der Waals surface area contributed by atoms with Crippen molar-refractivity contribution in [3.63, 3.8) is 0 Å². The number of rotatable bonds is 9. The van der Waals surface area contributed by atoms with Crippen molar-refractivity contribution in [2.75, 3.05) is 13.7 Å². The predicted molar refractivity (Wildman–Crippen MR) is 128 cm³/mol. The Morgan fingerprint density at radius 1 is 1.21 bits per heavy atom. The zero-order chi connectivity index (χ0) is 24.1. The second-order valence-corrected chi connectivity index (χ2v) is 8.10. The number of aromatic nitrogens is 3. The smallest absolute Gasteiger partial charge is 0.251 e. The molecular weight excluding hydrogens is 437 g/mol. The first-order valence-corrected chi connectivity index (χ1v) is 11.1. The SMILES string of the molecule is COc1cc(-c2nc3cc(C(=O)NCCCC4=NC=CC4)ccc3nc2OC(C)C)c(F)cn1. The van der Waals surface area contributed by atoms with Gasteiger partial charge in [0, 0.05) is 42.1 Å². The molecule has 0 fully saturated rings. The molecule has 3 aromatic rings. The van der Waals surface area contributed by atoms with Crippen LogP contribution in [0.15, 0.2) is 47.7 Å². The summed E-state index contributed by atoms with van der Waals surface area (Å²) in [6.07, 6.45) is 7.23. The van der Waals surface area contributed by atoms with Crippen LogP contribution < -0.4 is 14.8 Å². The zero-order valence-electron chi connectivity index (χ0n) is 19.3. The number of carbonyl (C=O) groups is 1. The van der Waals surface area contributed by atoms with Crippen LogP contribution in [0, 0.1) is 5.82 Å². The largest absolute Gasteiger partial charge is 0.481 e. The van der Waals surface area contributed by atoms with E-state index in [0.29, 0.717) is 23.1 Å². The molecule has 0 bridgehead atoms. The van der Waals surface area contributed by atoms with Crippen molar-refractivity contribution in [2.24, 2.45) is 4.99 Å². The van der Waals surface area contributed by atoms with E-state index in [1.54, 1.807) is 18.2 Å². The van der Waals surface area contributed by atoms with Gasteiger partial charge in [0.2, 0.25) is 11.8 Å². The summed E-state index contributed by atoms with van der Waals surface area (Å²) in [5.41, 5.74) is 2.91. The van der Waals surface area contributed by atoms with Gasteiger partial charge in [-0.3, -0.25) is 9.79 Å². The van der Waals surface area contributed by atoms with Gasteiger partial charge in [-0.15, -0.1) is 0 Å². The van der Waals surface area contributed by atoms with E-state index in [4.69, 9.17) is 9.47 Å². The molecule has 0 aliphatic carbocycles. The molecule has 1 N–H and O–H groups in total. The fraction of sp³-hybridized carbons (Fsp3) is 0.320. The van der Waals surface area contributed by atoms with E-state index in [-0.39, 0.29) is 35.0 Å². The van der Waals surface area contributed by atoms with Gasteiger partial charge < -0.3 is 14.8 Å². The summed E-state index contributed by atoms with van der Waals surface area (Å²) in [5, 5.41) is 2.92. The predicted octanol–water partition coefficient (Wildman–Crippen LogP) is 4.50. The minimum absolute atomic E-state index is 0.149. The fourth-order valence-corrected chi connectivity index (χ4v) is 3.54. The topological polar surface area (TPSA) is 98.6 Å². The first kappa shape index (κ1) is 23.3. The second-order valence-electron chi connectivity index (χ2n) is 8.10. The molecule has 1 aliphatic rings. The van der Waals surface area contributed by atoms with Crippen LogP contribution in [0.25, 0.3) is 22.3 Å². The summed E-state index contributed by atoms with van der Waals surface area (Å²) >= 11 is 0. The second kappa shape index (κ2) is 10.4. The minimum atomic E-state index is -0.584. The number of methoxy groups -OCH3 is 1. The molecule has 1 aliphatic heterocycles. The number of benzene rings is 1. The van der Waals surface area contributed by atoms with Crippen LogP contribution in [0.5, 0.6) is 11.8 Å². The number of amides is 1. The van der Waals surface area contributed by atoms with Crippen molar-refractivity contribution in [3.8, 4) is 23.0 Å². The Labute approximate surface area is 197 Å². The zero-order valence-corrected chi connectivity index (χ0v) is 19.3. The number of pyridine rings is 1. The molecule has 2 aromatic heterocycles. The molecule has 0 unspecified atom stereocenters. The molecule has 4 rings (SSSR count). The lowest BCUT2D eigenvalue weighted by atomic mass is 10.1. The molecule has 0 saturated heterocycles. The lowest BCUT2D eigenvalue weighted by Crippen LogP contribution is -2.24. The van der Waals surface area contributed by atoms with Gasteiger partial charge in [0.15, 0.2) is 5.82 Å². The molecule has 9 heteroatoms. The maximum atomic E-state index is 14.7. The van der Waals surface area contributed by atoms with Gasteiger partial charge in [0.25, 0.3) is 5.91 Å². The van der Waals surface area contributed by atoms with Crippen molar-refractivity contribution in [1.29, 1.82) is 0 Å². The Kier molecular flexibility index (Phi) is 7.10. The monoisotopic (exact) mass is 463 g/mol. The number of aliphatic imine (C=N–C) groups is 1. The van der Waals surface area contributed by atoms with E-state index in [0.717, 1.165) is 31.2 Å². The number of carbonyl (C=O) groups excluding carboxylic acids is 1. The summed E-state index contributed by atoms with van der Waals surface area (Å²) < 4.78 is 25.6. The highest BCUT2D eigenvalue weighted by Gasteiger charge is 2.19. The maximum absolute atomic E-state index is 14.7. The minimum Gasteiger partial charge on any atom is -0.481 e. The van der Waals surface area contributed by atoms with E-state index in [2.05, 4.69) is 25.3 Å².